The van der Waals surface area contributed by atoms with Crippen LogP contribution in [-0.4, -0.2) is 25.7 Å². The molecule has 1 rings (SSSR count). The minimum Gasteiger partial charge on any atom is -0.496 e. The Morgan fingerprint density at radius 1 is 1.37 bits per heavy atom. The number of hydrogen-bond donors (Lipinski definition) is 2. The van der Waals surface area contributed by atoms with Crippen molar-refractivity contribution in [3.63, 3.8) is 0 Å². The van der Waals surface area contributed by atoms with Crippen LogP contribution < -0.4 is 15.4 Å². The first-order valence-electron chi connectivity index (χ1n) is 6.17. The van der Waals surface area contributed by atoms with Gasteiger partial charge in [-0.15, -0.1) is 0 Å². The summed E-state index contributed by atoms with van der Waals surface area (Å²) >= 11 is 3.48. The fraction of sp³-hybridized carbons (Fsp3) is 0.500. The van der Waals surface area contributed by atoms with Crippen LogP contribution in [0.4, 0.5) is 0 Å². The van der Waals surface area contributed by atoms with Gasteiger partial charge in [-0.05, 0) is 54.4 Å². The molecule has 4 nitrogen and oxygen atoms in total. The second-order valence-corrected chi connectivity index (χ2v) is 6.12. The number of aliphatic imine (C=N–C) groups is 1. The molecule has 106 valence electrons. The van der Waals surface area contributed by atoms with E-state index in [1.165, 1.54) is 0 Å². The van der Waals surface area contributed by atoms with Crippen molar-refractivity contribution in [1.82, 2.24) is 10.6 Å². The number of hydrogen-bond acceptors (Lipinski definition) is 2. The van der Waals surface area contributed by atoms with Crippen LogP contribution in [0.25, 0.3) is 0 Å². The standard InChI is InChI=1S/C14H22BrN3O/c1-14(2,3)18-13(16-4)17-9-10-6-7-12(19-5)11(15)8-10/h6-8H,9H2,1-5H3,(H2,16,17,18). The van der Waals surface area contributed by atoms with Gasteiger partial charge in [0.2, 0.25) is 0 Å². The molecule has 0 unspecified atom stereocenters. The smallest absolute Gasteiger partial charge is 0.191 e. The Labute approximate surface area is 123 Å². The first-order valence-corrected chi connectivity index (χ1v) is 6.96. The Morgan fingerprint density at radius 2 is 2.05 bits per heavy atom. The Balaban J connectivity index is 2.63. The predicted molar refractivity (Wildman–Crippen MR) is 83.8 cm³/mol. The van der Waals surface area contributed by atoms with Crippen molar-refractivity contribution in [2.45, 2.75) is 32.9 Å². The van der Waals surface area contributed by atoms with Gasteiger partial charge in [0.15, 0.2) is 5.96 Å². The van der Waals surface area contributed by atoms with Gasteiger partial charge in [0.25, 0.3) is 0 Å². The topological polar surface area (TPSA) is 45.7 Å². The van der Waals surface area contributed by atoms with Gasteiger partial charge in [-0.2, -0.15) is 0 Å². The van der Waals surface area contributed by atoms with Gasteiger partial charge < -0.3 is 15.4 Å². The molecule has 0 aromatic heterocycles. The fourth-order valence-electron chi connectivity index (χ4n) is 1.54. The lowest BCUT2D eigenvalue weighted by atomic mass is 10.1. The second-order valence-electron chi connectivity index (χ2n) is 5.27. The van der Waals surface area contributed by atoms with Gasteiger partial charge >= 0.3 is 0 Å². The van der Waals surface area contributed by atoms with E-state index in [4.69, 9.17) is 4.74 Å². The number of guanidine groups is 1. The Hall–Kier alpha value is -1.23. The normalized spacial score (nSPS) is 12.2. The molecular weight excluding hydrogens is 306 g/mol. The van der Waals surface area contributed by atoms with Crippen molar-refractivity contribution in [1.29, 1.82) is 0 Å². The van der Waals surface area contributed by atoms with E-state index < -0.39 is 0 Å². The number of ether oxygens (including phenoxy) is 1. The van der Waals surface area contributed by atoms with E-state index in [2.05, 4.69) is 52.3 Å². The molecule has 19 heavy (non-hydrogen) atoms. The number of nitrogens with zero attached hydrogens (tertiary/aromatic N) is 1. The minimum atomic E-state index is -0.0116. The quantitative estimate of drug-likeness (QED) is 0.662. The summed E-state index contributed by atoms with van der Waals surface area (Å²) in [6, 6.07) is 6.01. The molecule has 0 atom stereocenters. The van der Waals surface area contributed by atoms with Gasteiger partial charge in [-0.25, -0.2) is 0 Å². The number of nitrogens with one attached hydrogen (secondary N) is 2. The highest BCUT2D eigenvalue weighted by Gasteiger charge is 2.11. The Morgan fingerprint density at radius 3 is 2.53 bits per heavy atom. The van der Waals surface area contributed by atoms with Gasteiger partial charge in [-0.3, -0.25) is 4.99 Å². The summed E-state index contributed by atoms with van der Waals surface area (Å²) in [5, 5.41) is 6.60. The van der Waals surface area contributed by atoms with E-state index in [9.17, 15) is 0 Å². The molecule has 0 radical (unpaired) electrons. The first kappa shape index (κ1) is 15.8. The van der Waals surface area contributed by atoms with Crippen molar-refractivity contribution in [2.24, 2.45) is 4.99 Å². The summed E-state index contributed by atoms with van der Waals surface area (Å²) in [5.74, 6) is 1.63. The highest BCUT2D eigenvalue weighted by atomic mass is 79.9. The largest absolute Gasteiger partial charge is 0.496 e. The molecule has 1 aromatic carbocycles. The highest BCUT2D eigenvalue weighted by Crippen LogP contribution is 2.25. The number of rotatable bonds is 3. The molecule has 0 aliphatic rings. The van der Waals surface area contributed by atoms with Gasteiger partial charge in [0.1, 0.15) is 5.75 Å². The Bertz CT molecular complexity index is 452. The van der Waals surface area contributed by atoms with Crippen molar-refractivity contribution in [2.75, 3.05) is 14.2 Å². The van der Waals surface area contributed by atoms with E-state index in [0.29, 0.717) is 6.54 Å². The molecule has 0 saturated heterocycles. The van der Waals surface area contributed by atoms with Crippen LogP contribution in [0.1, 0.15) is 26.3 Å². The Kier molecular flexibility index (Phi) is 5.66. The molecule has 0 fully saturated rings. The zero-order chi connectivity index (χ0) is 14.5. The van der Waals surface area contributed by atoms with E-state index in [1.807, 2.05) is 18.2 Å². The zero-order valence-corrected chi connectivity index (χ0v) is 13.8. The maximum Gasteiger partial charge on any atom is 0.191 e. The molecule has 0 aliphatic heterocycles. The summed E-state index contributed by atoms with van der Waals surface area (Å²) in [7, 11) is 3.43. The summed E-state index contributed by atoms with van der Waals surface area (Å²) < 4.78 is 6.16. The van der Waals surface area contributed by atoms with Crippen LogP contribution in [0, 0.1) is 0 Å². The minimum absolute atomic E-state index is 0.0116. The third-order valence-electron chi connectivity index (χ3n) is 2.39. The molecule has 0 heterocycles. The fourth-order valence-corrected chi connectivity index (χ4v) is 2.13. The van der Waals surface area contributed by atoms with E-state index in [0.717, 1.165) is 21.7 Å². The average molecular weight is 328 g/mol. The molecular formula is C14H22BrN3O. The lowest BCUT2D eigenvalue weighted by Crippen LogP contribution is -2.47. The lowest BCUT2D eigenvalue weighted by molar-refractivity contribution is 0.412. The number of methoxy groups -OCH3 is 1. The van der Waals surface area contributed by atoms with Crippen molar-refractivity contribution in [3.05, 3.63) is 28.2 Å². The van der Waals surface area contributed by atoms with Gasteiger partial charge in [0.05, 0.1) is 11.6 Å². The van der Waals surface area contributed by atoms with Crippen LogP contribution in [0.15, 0.2) is 27.7 Å². The number of halogens is 1. The third kappa shape index (κ3) is 5.51. The molecule has 0 bridgehead atoms. The summed E-state index contributed by atoms with van der Waals surface area (Å²) in [4.78, 5) is 4.20. The maximum atomic E-state index is 5.21. The van der Waals surface area contributed by atoms with Crippen molar-refractivity contribution in [3.8, 4) is 5.75 Å². The van der Waals surface area contributed by atoms with Crippen molar-refractivity contribution >= 4 is 21.9 Å². The lowest BCUT2D eigenvalue weighted by Gasteiger charge is -2.23. The van der Waals surface area contributed by atoms with Crippen LogP contribution in [0.5, 0.6) is 5.75 Å². The molecule has 0 saturated carbocycles. The molecule has 0 spiro atoms. The molecule has 0 aliphatic carbocycles. The van der Waals surface area contributed by atoms with E-state index in [1.54, 1.807) is 14.2 Å². The first-order chi connectivity index (χ1) is 8.85. The molecule has 5 heteroatoms. The van der Waals surface area contributed by atoms with Gasteiger partial charge in [0, 0.05) is 19.1 Å². The van der Waals surface area contributed by atoms with E-state index >= 15 is 0 Å². The predicted octanol–water partition coefficient (Wildman–Crippen LogP) is 2.92. The molecule has 2 N–H and O–H groups in total. The van der Waals surface area contributed by atoms with Crippen LogP contribution in [0.2, 0.25) is 0 Å². The second kappa shape index (κ2) is 6.80. The maximum absolute atomic E-state index is 5.21. The number of benzene rings is 1. The van der Waals surface area contributed by atoms with Crippen LogP contribution in [0.3, 0.4) is 0 Å². The molecule has 0 amide bonds. The SMILES string of the molecule is CN=C(NCc1ccc(OC)c(Br)c1)NC(C)(C)C. The zero-order valence-electron chi connectivity index (χ0n) is 12.2. The summed E-state index contributed by atoms with van der Waals surface area (Å²) in [6.45, 7) is 7.01. The monoisotopic (exact) mass is 327 g/mol. The van der Waals surface area contributed by atoms with Crippen molar-refractivity contribution < 1.29 is 4.74 Å². The van der Waals surface area contributed by atoms with Crippen LogP contribution >= 0.6 is 15.9 Å². The summed E-state index contributed by atoms with van der Waals surface area (Å²) in [6.07, 6.45) is 0. The summed E-state index contributed by atoms with van der Waals surface area (Å²) in [5.41, 5.74) is 1.15. The van der Waals surface area contributed by atoms with Crippen LogP contribution in [-0.2, 0) is 6.54 Å². The average Bonchev–Trinajstić information content (AvgIpc) is 2.33. The van der Waals surface area contributed by atoms with E-state index in [-0.39, 0.29) is 5.54 Å². The highest BCUT2D eigenvalue weighted by molar-refractivity contribution is 9.10. The van der Waals surface area contributed by atoms with Gasteiger partial charge in [-0.1, -0.05) is 6.07 Å². The molecule has 1 aromatic rings. The third-order valence-corrected chi connectivity index (χ3v) is 3.01.